The van der Waals surface area contributed by atoms with Gasteiger partial charge in [-0.05, 0) is 25.7 Å². The number of aliphatic carboxylic acids is 1. The van der Waals surface area contributed by atoms with Gasteiger partial charge in [0.05, 0.1) is 13.2 Å². The molecule has 0 aliphatic heterocycles. The van der Waals surface area contributed by atoms with Gasteiger partial charge in [-0.25, -0.2) is 4.79 Å². The smallest absolute Gasteiger partial charge is 0.323 e. The number of urea groups is 1. The first-order valence-corrected chi connectivity index (χ1v) is 6.45. The summed E-state index contributed by atoms with van der Waals surface area (Å²) in [5.41, 5.74) is 0.924. The zero-order chi connectivity index (χ0) is 14.3. The Morgan fingerprint density at radius 2 is 2.16 bits per heavy atom. The summed E-state index contributed by atoms with van der Waals surface area (Å²) in [5.74, 6) is -0.529. The Labute approximate surface area is 113 Å². The van der Waals surface area contributed by atoms with Crippen LogP contribution in [0.15, 0.2) is 12.2 Å². The van der Waals surface area contributed by atoms with Crippen molar-refractivity contribution >= 4 is 12.0 Å². The summed E-state index contributed by atoms with van der Waals surface area (Å²) in [5, 5.41) is 11.4. The normalized spacial score (nSPS) is 13.9. The first-order chi connectivity index (χ1) is 8.99. The third-order valence-corrected chi connectivity index (χ3v) is 2.66. The zero-order valence-electron chi connectivity index (χ0n) is 11.4. The van der Waals surface area contributed by atoms with Crippen LogP contribution in [-0.4, -0.2) is 54.9 Å². The Morgan fingerprint density at radius 3 is 2.68 bits per heavy atom. The summed E-state index contributed by atoms with van der Waals surface area (Å²) in [4.78, 5) is 23.9. The number of amides is 2. The van der Waals surface area contributed by atoms with E-state index in [1.54, 1.807) is 0 Å². The van der Waals surface area contributed by atoms with Gasteiger partial charge < -0.3 is 20.1 Å². The summed E-state index contributed by atoms with van der Waals surface area (Å²) in [6, 6.07) is -0.340. The Balaban J connectivity index is 2.22. The zero-order valence-corrected chi connectivity index (χ0v) is 11.4. The number of rotatable bonds is 9. The molecule has 0 bridgehead atoms. The monoisotopic (exact) mass is 270 g/mol. The number of carboxylic acids is 1. The maximum atomic E-state index is 11.8. The van der Waals surface area contributed by atoms with Crippen LogP contribution in [0.4, 0.5) is 4.79 Å². The van der Waals surface area contributed by atoms with E-state index in [9.17, 15) is 9.59 Å². The maximum Gasteiger partial charge on any atom is 0.323 e. The van der Waals surface area contributed by atoms with E-state index < -0.39 is 5.97 Å². The fourth-order valence-corrected chi connectivity index (χ4v) is 1.58. The summed E-state index contributed by atoms with van der Waals surface area (Å²) in [6.45, 7) is 7.06. The lowest BCUT2D eigenvalue weighted by Crippen LogP contribution is -2.44. The third kappa shape index (κ3) is 7.46. The minimum Gasteiger partial charge on any atom is -0.480 e. The quantitative estimate of drug-likeness (QED) is 0.485. The van der Waals surface area contributed by atoms with E-state index in [2.05, 4.69) is 11.9 Å². The van der Waals surface area contributed by atoms with Crippen molar-refractivity contribution in [2.45, 2.75) is 19.8 Å². The second-order valence-corrected chi connectivity index (χ2v) is 4.96. The SMILES string of the molecule is C=C(C)COCCNC(=O)N(CC(=O)O)CC1CC1. The van der Waals surface area contributed by atoms with Crippen LogP contribution in [0.3, 0.4) is 0 Å². The molecule has 0 aromatic carbocycles. The Morgan fingerprint density at radius 1 is 1.47 bits per heavy atom. The number of nitrogens with one attached hydrogen (secondary N) is 1. The first kappa shape index (κ1) is 15.5. The molecule has 19 heavy (non-hydrogen) atoms. The highest BCUT2D eigenvalue weighted by molar-refractivity contribution is 5.80. The maximum absolute atomic E-state index is 11.8. The minimum absolute atomic E-state index is 0.255. The van der Waals surface area contributed by atoms with Crippen LogP contribution in [0.1, 0.15) is 19.8 Å². The number of ether oxygens (including phenoxy) is 1. The molecular formula is C13H22N2O4. The molecule has 0 aromatic rings. The number of carbonyl (C=O) groups excluding carboxylic acids is 1. The fourth-order valence-electron chi connectivity index (χ4n) is 1.58. The average molecular weight is 270 g/mol. The van der Waals surface area contributed by atoms with Gasteiger partial charge in [0, 0.05) is 13.1 Å². The van der Waals surface area contributed by atoms with Gasteiger partial charge >= 0.3 is 12.0 Å². The van der Waals surface area contributed by atoms with Crippen LogP contribution in [0.5, 0.6) is 0 Å². The van der Waals surface area contributed by atoms with Gasteiger partial charge in [0.2, 0.25) is 0 Å². The molecule has 2 amide bonds. The molecule has 1 fully saturated rings. The van der Waals surface area contributed by atoms with Crippen LogP contribution in [0, 0.1) is 5.92 Å². The number of hydrogen-bond acceptors (Lipinski definition) is 3. The van der Waals surface area contributed by atoms with Crippen LogP contribution in [0.25, 0.3) is 0 Å². The summed E-state index contributed by atoms with van der Waals surface area (Å²) in [7, 11) is 0. The number of nitrogens with zero attached hydrogens (tertiary/aromatic N) is 1. The van der Waals surface area contributed by atoms with Crippen LogP contribution < -0.4 is 5.32 Å². The summed E-state index contributed by atoms with van der Waals surface area (Å²) in [6.07, 6.45) is 2.15. The molecule has 0 unspecified atom stereocenters. The van der Waals surface area contributed by atoms with Gasteiger partial charge in [0.25, 0.3) is 0 Å². The number of hydrogen-bond donors (Lipinski definition) is 2. The lowest BCUT2D eigenvalue weighted by atomic mass is 10.3. The largest absolute Gasteiger partial charge is 0.480 e. The van der Waals surface area contributed by atoms with Crippen LogP contribution in [-0.2, 0) is 9.53 Å². The number of carbonyl (C=O) groups is 2. The van der Waals surface area contributed by atoms with Gasteiger partial charge in [0.1, 0.15) is 6.54 Å². The Kier molecular flexibility index (Phi) is 6.35. The highest BCUT2D eigenvalue weighted by Crippen LogP contribution is 2.29. The summed E-state index contributed by atoms with van der Waals surface area (Å²) < 4.78 is 5.25. The molecule has 1 aliphatic carbocycles. The molecule has 6 nitrogen and oxygen atoms in total. The summed E-state index contributed by atoms with van der Waals surface area (Å²) >= 11 is 0. The molecule has 0 spiro atoms. The van der Waals surface area contributed by atoms with Gasteiger partial charge in [-0.15, -0.1) is 0 Å². The van der Waals surface area contributed by atoms with Gasteiger partial charge in [-0.2, -0.15) is 0 Å². The van der Waals surface area contributed by atoms with E-state index in [4.69, 9.17) is 9.84 Å². The Bertz CT molecular complexity index is 340. The molecule has 6 heteroatoms. The van der Waals surface area contributed by atoms with Crippen molar-refractivity contribution in [2.24, 2.45) is 5.92 Å². The standard InChI is InChI=1S/C13H22N2O4/c1-10(2)9-19-6-5-14-13(18)15(8-12(16)17)7-11-3-4-11/h11H,1,3-9H2,2H3,(H,14,18)(H,16,17). The lowest BCUT2D eigenvalue weighted by molar-refractivity contribution is -0.137. The van der Waals surface area contributed by atoms with Crippen molar-refractivity contribution in [3.8, 4) is 0 Å². The van der Waals surface area contributed by atoms with E-state index >= 15 is 0 Å². The van der Waals surface area contributed by atoms with E-state index in [1.807, 2.05) is 6.92 Å². The number of carboxylic acid groups (broad SMARTS) is 1. The highest BCUT2D eigenvalue weighted by atomic mass is 16.5. The van der Waals surface area contributed by atoms with Crippen molar-refractivity contribution in [1.82, 2.24) is 10.2 Å². The van der Waals surface area contributed by atoms with E-state index in [0.717, 1.165) is 18.4 Å². The van der Waals surface area contributed by atoms with Gasteiger partial charge in [-0.3, -0.25) is 4.79 Å². The van der Waals surface area contributed by atoms with Crippen molar-refractivity contribution in [3.63, 3.8) is 0 Å². The molecule has 1 saturated carbocycles. The van der Waals surface area contributed by atoms with E-state index in [-0.39, 0.29) is 12.6 Å². The predicted octanol–water partition coefficient (Wildman–Crippen LogP) is 1.09. The minimum atomic E-state index is -0.991. The molecule has 1 rings (SSSR count). The second-order valence-electron chi connectivity index (χ2n) is 4.96. The molecule has 2 N–H and O–H groups in total. The molecule has 0 saturated heterocycles. The molecule has 108 valence electrons. The molecule has 0 atom stereocenters. The molecule has 1 aliphatic rings. The molecule has 0 heterocycles. The van der Waals surface area contributed by atoms with Crippen LogP contribution >= 0.6 is 0 Å². The third-order valence-electron chi connectivity index (χ3n) is 2.66. The van der Waals surface area contributed by atoms with Crippen molar-refractivity contribution in [3.05, 3.63) is 12.2 Å². The van der Waals surface area contributed by atoms with Gasteiger partial charge in [0.15, 0.2) is 0 Å². The van der Waals surface area contributed by atoms with Crippen molar-refractivity contribution in [2.75, 3.05) is 32.8 Å². The van der Waals surface area contributed by atoms with E-state index in [1.165, 1.54) is 4.90 Å². The topological polar surface area (TPSA) is 78.9 Å². The Hall–Kier alpha value is -1.56. The average Bonchev–Trinajstić information content (AvgIpc) is 3.10. The van der Waals surface area contributed by atoms with Crippen molar-refractivity contribution in [1.29, 1.82) is 0 Å². The highest BCUT2D eigenvalue weighted by Gasteiger charge is 2.27. The molecule has 0 radical (unpaired) electrons. The van der Waals surface area contributed by atoms with Crippen molar-refractivity contribution < 1.29 is 19.4 Å². The van der Waals surface area contributed by atoms with Gasteiger partial charge in [-0.1, -0.05) is 12.2 Å². The predicted molar refractivity (Wildman–Crippen MR) is 71.0 cm³/mol. The van der Waals surface area contributed by atoms with E-state index in [0.29, 0.717) is 32.2 Å². The fraction of sp³-hybridized carbons (Fsp3) is 0.692. The molecule has 0 aromatic heterocycles. The molecular weight excluding hydrogens is 248 g/mol. The van der Waals surface area contributed by atoms with Crippen LogP contribution in [0.2, 0.25) is 0 Å². The first-order valence-electron chi connectivity index (χ1n) is 6.45. The second kappa shape index (κ2) is 7.78. The lowest BCUT2D eigenvalue weighted by Gasteiger charge is -2.21.